The van der Waals surface area contributed by atoms with E-state index in [0.717, 1.165) is 56.4 Å². The molecule has 0 spiro atoms. The van der Waals surface area contributed by atoms with E-state index in [9.17, 15) is 8.42 Å². The monoisotopic (exact) mass is 725 g/mol. The minimum atomic E-state index is -3.79. The standard InChI is InChI=1S/C51H35NO2S/c1-2-45-44-30-42-38(17-9-19-47(42)55(53,54)48-20-10-18-46(52-45)51(44)48)35-25-26-41-43(29-35)50(37-24-22-32-12-4-6-14-34(32)28-37)40-16-8-7-15-39(40)49(41)36-23-21-31-11-3-5-13-33(31)27-36/h3-29,44H,2,30H2,1H3. The SMILES string of the molecule is CCC1=Nc2cccc3c2C1Cc1c(-c2ccc4c(-c5ccc6ccccc6c5)c5ccccc5c(-c5ccc6ccccc6c5)c4c2)cccc1S3(=O)=O. The molecular formula is C51H35NO2S. The maximum Gasteiger partial charge on any atom is 0.207 e. The van der Waals surface area contributed by atoms with Gasteiger partial charge in [0.15, 0.2) is 0 Å². The average molecular weight is 726 g/mol. The molecule has 0 fully saturated rings. The van der Waals surface area contributed by atoms with Crippen LogP contribution < -0.4 is 0 Å². The summed E-state index contributed by atoms with van der Waals surface area (Å²) in [6.45, 7) is 2.12. The zero-order valence-corrected chi connectivity index (χ0v) is 31.1. The molecule has 1 unspecified atom stereocenters. The summed E-state index contributed by atoms with van der Waals surface area (Å²) < 4.78 is 29.1. The Morgan fingerprint density at radius 3 is 1.76 bits per heavy atom. The Labute approximate surface area is 320 Å². The molecule has 2 heterocycles. The maximum atomic E-state index is 14.6. The van der Waals surface area contributed by atoms with Crippen molar-refractivity contribution >= 4 is 64.3 Å². The number of hydrogen-bond acceptors (Lipinski definition) is 3. The lowest BCUT2D eigenvalue weighted by Gasteiger charge is -2.20. The third-order valence-corrected chi connectivity index (χ3v) is 13.8. The molecule has 0 N–H and O–H groups in total. The lowest BCUT2D eigenvalue weighted by molar-refractivity contribution is 0.595. The first kappa shape index (κ1) is 32.1. The van der Waals surface area contributed by atoms with Crippen molar-refractivity contribution in [1.82, 2.24) is 0 Å². The third kappa shape index (κ3) is 4.81. The molecule has 262 valence electrons. The largest absolute Gasteiger partial charge is 0.257 e. The van der Waals surface area contributed by atoms with Crippen molar-refractivity contribution in [2.75, 3.05) is 0 Å². The van der Waals surface area contributed by atoms with Crippen LogP contribution in [-0.2, 0) is 16.3 Å². The van der Waals surface area contributed by atoms with E-state index in [1.165, 1.54) is 49.0 Å². The molecule has 55 heavy (non-hydrogen) atoms. The van der Waals surface area contributed by atoms with Gasteiger partial charge in [-0.05, 0) is 131 Å². The minimum absolute atomic E-state index is 0.0783. The van der Waals surface area contributed by atoms with Crippen LogP contribution >= 0.6 is 0 Å². The number of aliphatic imine (C=N–C) groups is 1. The smallest absolute Gasteiger partial charge is 0.207 e. The predicted octanol–water partition coefficient (Wildman–Crippen LogP) is 13.3. The fourth-order valence-electron chi connectivity index (χ4n) is 9.44. The molecule has 0 amide bonds. The summed E-state index contributed by atoms with van der Waals surface area (Å²) >= 11 is 0. The molecule has 9 aromatic rings. The maximum absolute atomic E-state index is 14.6. The molecular weight excluding hydrogens is 691 g/mol. The summed E-state index contributed by atoms with van der Waals surface area (Å²) in [5.41, 5.74) is 10.2. The van der Waals surface area contributed by atoms with Crippen molar-refractivity contribution in [2.24, 2.45) is 4.99 Å². The van der Waals surface area contributed by atoms with E-state index >= 15 is 0 Å². The van der Waals surface area contributed by atoms with Crippen LogP contribution in [0.15, 0.2) is 179 Å². The van der Waals surface area contributed by atoms with E-state index in [2.05, 4.69) is 140 Å². The summed E-state index contributed by atoms with van der Waals surface area (Å²) in [5.74, 6) is -0.0783. The normalized spacial score (nSPS) is 15.6. The van der Waals surface area contributed by atoms with Crippen molar-refractivity contribution < 1.29 is 8.42 Å². The molecule has 0 bridgehead atoms. The van der Waals surface area contributed by atoms with Gasteiger partial charge < -0.3 is 0 Å². The van der Waals surface area contributed by atoms with Crippen LogP contribution in [-0.4, -0.2) is 14.1 Å². The van der Waals surface area contributed by atoms with Gasteiger partial charge in [-0.1, -0.05) is 134 Å². The van der Waals surface area contributed by atoms with Crippen LogP contribution in [0.2, 0.25) is 0 Å². The lowest BCUT2D eigenvalue weighted by atomic mass is 9.83. The molecule has 4 heteroatoms. The Balaban J connectivity index is 1.21. The van der Waals surface area contributed by atoms with E-state index in [-0.39, 0.29) is 5.92 Å². The van der Waals surface area contributed by atoms with Crippen LogP contribution in [0.3, 0.4) is 0 Å². The minimum Gasteiger partial charge on any atom is -0.257 e. The van der Waals surface area contributed by atoms with Crippen molar-refractivity contribution in [3.8, 4) is 33.4 Å². The highest BCUT2D eigenvalue weighted by Gasteiger charge is 2.39. The van der Waals surface area contributed by atoms with Gasteiger partial charge >= 0.3 is 0 Å². The molecule has 0 radical (unpaired) electrons. The zero-order chi connectivity index (χ0) is 36.8. The molecule has 11 rings (SSSR count). The number of sulfone groups is 1. The van der Waals surface area contributed by atoms with Gasteiger partial charge in [0.1, 0.15) is 0 Å². The van der Waals surface area contributed by atoms with Crippen molar-refractivity contribution in [1.29, 1.82) is 0 Å². The molecule has 9 aromatic carbocycles. The van der Waals surface area contributed by atoms with Crippen LogP contribution in [0.4, 0.5) is 5.69 Å². The van der Waals surface area contributed by atoms with Gasteiger partial charge in [0.05, 0.1) is 15.5 Å². The first-order valence-electron chi connectivity index (χ1n) is 19.0. The molecule has 2 aliphatic rings. The van der Waals surface area contributed by atoms with Gasteiger partial charge in [-0.15, -0.1) is 0 Å². The van der Waals surface area contributed by atoms with Gasteiger partial charge in [-0.25, -0.2) is 8.42 Å². The number of hydrogen-bond donors (Lipinski definition) is 0. The van der Waals surface area contributed by atoms with Crippen molar-refractivity contribution in [3.63, 3.8) is 0 Å². The predicted molar refractivity (Wildman–Crippen MR) is 228 cm³/mol. The number of nitrogens with zero attached hydrogens (tertiary/aromatic N) is 1. The van der Waals surface area contributed by atoms with Crippen LogP contribution in [0.25, 0.3) is 76.5 Å². The summed E-state index contributed by atoms with van der Waals surface area (Å²) in [7, 11) is -3.79. The van der Waals surface area contributed by atoms with E-state index in [0.29, 0.717) is 16.2 Å². The fraction of sp³-hybridized carbons (Fsp3) is 0.0784. The van der Waals surface area contributed by atoms with Crippen molar-refractivity contribution in [2.45, 2.75) is 35.5 Å². The Morgan fingerprint density at radius 2 is 1.09 bits per heavy atom. The lowest BCUT2D eigenvalue weighted by Crippen LogP contribution is -2.11. The molecule has 3 nitrogen and oxygen atoms in total. The first-order valence-corrected chi connectivity index (χ1v) is 20.5. The quantitative estimate of drug-likeness (QED) is 0.170. The number of rotatable bonds is 4. The van der Waals surface area contributed by atoms with Crippen LogP contribution in [0.5, 0.6) is 0 Å². The Bertz CT molecular complexity index is 3250. The highest BCUT2D eigenvalue weighted by atomic mass is 32.2. The van der Waals surface area contributed by atoms with Crippen LogP contribution in [0, 0.1) is 0 Å². The molecule has 0 saturated heterocycles. The van der Waals surface area contributed by atoms with E-state index in [1.807, 2.05) is 18.2 Å². The highest BCUT2D eigenvalue weighted by molar-refractivity contribution is 7.91. The average Bonchev–Trinajstić information content (AvgIpc) is 3.54. The summed E-state index contributed by atoms with van der Waals surface area (Å²) in [4.78, 5) is 5.74. The zero-order valence-electron chi connectivity index (χ0n) is 30.3. The first-order chi connectivity index (χ1) is 27.0. The summed E-state index contributed by atoms with van der Waals surface area (Å²) in [6, 6.07) is 57.5. The number of fused-ring (bicyclic) bond motifs is 5. The van der Waals surface area contributed by atoms with Gasteiger partial charge in [0.2, 0.25) is 9.84 Å². The topological polar surface area (TPSA) is 46.5 Å². The Hall–Kier alpha value is -6.36. The third-order valence-electron chi connectivity index (χ3n) is 12.0. The van der Waals surface area contributed by atoms with Gasteiger partial charge in [0, 0.05) is 17.2 Å². The van der Waals surface area contributed by atoms with E-state index < -0.39 is 9.84 Å². The highest BCUT2D eigenvalue weighted by Crippen LogP contribution is 2.50. The molecule has 2 aliphatic heterocycles. The van der Waals surface area contributed by atoms with Gasteiger partial charge in [-0.2, -0.15) is 0 Å². The Morgan fingerprint density at radius 1 is 0.527 bits per heavy atom. The fourth-order valence-corrected chi connectivity index (χ4v) is 11.2. The molecule has 0 saturated carbocycles. The second-order valence-corrected chi connectivity index (χ2v) is 16.8. The van der Waals surface area contributed by atoms with Gasteiger partial charge in [-0.3, -0.25) is 4.99 Å². The van der Waals surface area contributed by atoms with Gasteiger partial charge in [0.25, 0.3) is 0 Å². The Kier molecular flexibility index (Phi) is 7.05. The summed E-state index contributed by atoms with van der Waals surface area (Å²) in [5, 5.41) is 9.46. The van der Waals surface area contributed by atoms with E-state index in [4.69, 9.17) is 4.99 Å². The van der Waals surface area contributed by atoms with E-state index in [1.54, 1.807) is 12.1 Å². The summed E-state index contributed by atoms with van der Waals surface area (Å²) in [6.07, 6.45) is 1.35. The molecule has 1 atom stereocenters. The second-order valence-electron chi connectivity index (χ2n) is 14.9. The molecule has 0 aromatic heterocycles. The number of benzene rings is 9. The molecule has 0 aliphatic carbocycles. The van der Waals surface area contributed by atoms with Crippen molar-refractivity contribution in [3.05, 3.63) is 175 Å². The second kappa shape index (κ2) is 12.1. The van der Waals surface area contributed by atoms with Crippen LogP contribution in [0.1, 0.15) is 30.4 Å².